The number of carbonyl (C=O) groups is 3. The largest absolute Gasteiger partial charge is 0.369 e. The number of unbranched alkanes of at least 4 members (excludes halogenated alkanes) is 1. The number of rotatable bonds is 11. The fourth-order valence-electron chi connectivity index (χ4n) is 4.41. The van der Waals surface area contributed by atoms with Crippen molar-refractivity contribution in [3.05, 3.63) is 35.9 Å². The molecule has 3 amide bonds. The lowest BCUT2D eigenvalue weighted by Gasteiger charge is -2.29. The molecule has 0 saturated carbocycles. The molecule has 1 aliphatic heterocycles. The number of carbonyl (C=O) groups excluding carboxylic acids is 3. The smallest absolute Gasteiger partial charge is 0.245 e. The van der Waals surface area contributed by atoms with E-state index in [4.69, 9.17) is 5.73 Å². The lowest BCUT2D eigenvalue weighted by Crippen LogP contribution is -2.50. The first-order chi connectivity index (χ1) is 14.8. The number of amides is 3. The van der Waals surface area contributed by atoms with Crippen LogP contribution in [0.3, 0.4) is 0 Å². The van der Waals surface area contributed by atoms with Gasteiger partial charge < -0.3 is 16.0 Å². The Bertz CT molecular complexity index is 720. The second kappa shape index (κ2) is 12.5. The Hall–Kier alpha value is -2.37. The molecule has 0 aromatic heterocycles. The van der Waals surface area contributed by atoms with E-state index in [0.717, 1.165) is 31.2 Å². The lowest BCUT2D eigenvalue weighted by molar-refractivity contribution is -0.139. The van der Waals surface area contributed by atoms with Crippen molar-refractivity contribution < 1.29 is 14.4 Å². The van der Waals surface area contributed by atoms with Crippen molar-refractivity contribution in [3.63, 3.8) is 0 Å². The summed E-state index contributed by atoms with van der Waals surface area (Å²) in [5.74, 6) is -1.42. The third-order valence-electron chi connectivity index (χ3n) is 6.10. The highest BCUT2D eigenvalue weighted by atomic mass is 16.2. The molecule has 31 heavy (non-hydrogen) atoms. The number of nitrogens with zero attached hydrogens (tertiary/aromatic N) is 1. The zero-order valence-corrected chi connectivity index (χ0v) is 19.3. The van der Waals surface area contributed by atoms with Gasteiger partial charge in [-0.05, 0) is 43.6 Å². The van der Waals surface area contributed by atoms with Crippen molar-refractivity contribution >= 4 is 17.7 Å². The molecule has 0 bridgehead atoms. The fraction of sp³-hybridized carbons (Fsp3) is 0.640. The molecule has 172 valence electrons. The summed E-state index contributed by atoms with van der Waals surface area (Å²) in [6, 6.07) is 9.36. The third kappa shape index (κ3) is 7.67. The zero-order chi connectivity index (χ0) is 22.8. The molecule has 1 heterocycles. The normalized spacial score (nSPS) is 19.0. The summed E-state index contributed by atoms with van der Waals surface area (Å²) >= 11 is 0. The van der Waals surface area contributed by atoms with Crippen molar-refractivity contribution in [3.8, 4) is 0 Å². The van der Waals surface area contributed by atoms with Gasteiger partial charge in [-0.2, -0.15) is 0 Å². The first kappa shape index (κ1) is 24.9. The predicted molar refractivity (Wildman–Crippen MR) is 123 cm³/mol. The number of primary amides is 1. The maximum atomic E-state index is 13.3. The van der Waals surface area contributed by atoms with Crippen LogP contribution in [0.25, 0.3) is 0 Å². The molecule has 0 unspecified atom stereocenters. The first-order valence-corrected chi connectivity index (χ1v) is 11.8. The van der Waals surface area contributed by atoms with Crippen LogP contribution >= 0.6 is 0 Å². The molecule has 3 atom stereocenters. The molecule has 0 radical (unpaired) electrons. The molecule has 1 aliphatic rings. The van der Waals surface area contributed by atoms with Gasteiger partial charge in [0.15, 0.2) is 0 Å². The second-order valence-corrected chi connectivity index (χ2v) is 9.19. The van der Waals surface area contributed by atoms with Crippen LogP contribution in [0, 0.1) is 17.8 Å². The quantitative estimate of drug-likeness (QED) is 0.562. The monoisotopic (exact) mass is 429 g/mol. The van der Waals surface area contributed by atoms with E-state index in [1.54, 1.807) is 0 Å². The van der Waals surface area contributed by atoms with Crippen molar-refractivity contribution in [1.29, 1.82) is 0 Å². The van der Waals surface area contributed by atoms with E-state index in [1.165, 1.54) is 0 Å². The third-order valence-corrected chi connectivity index (χ3v) is 6.10. The van der Waals surface area contributed by atoms with E-state index in [2.05, 4.69) is 12.2 Å². The van der Waals surface area contributed by atoms with E-state index in [0.29, 0.717) is 32.4 Å². The van der Waals surface area contributed by atoms with Gasteiger partial charge in [-0.15, -0.1) is 0 Å². The molecule has 2 rings (SSSR count). The number of nitrogens with one attached hydrogen (secondary N) is 1. The molecular weight excluding hydrogens is 390 g/mol. The molecule has 6 nitrogen and oxygen atoms in total. The Morgan fingerprint density at radius 1 is 1.16 bits per heavy atom. The molecule has 1 fully saturated rings. The fourth-order valence-corrected chi connectivity index (χ4v) is 4.41. The van der Waals surface area contributed by atoms with Crippen LogP contribution in [0.1, 0.15) is 71.3 Å². The van der Waals surface area contributed by atoms with E-state index in [-0.39, 0.29) is 17.7 Å². The van der Waals surface area contributed by atoms with Crippen molar-refractivity contribution in [2.24, 2.45) is 23.5 Å². The Kier molecular flexibility index (Phi) is 10.0. The van der Waals surface area contributed by atoms with E-state index < -0.39 is 23.8 Å². The highest BCUT2D eigenvalue weighted by Crippen LogP contribution is 2.26. The van der Waals surface area contributed by atoms with Gasteiger partial charge in [0.2, 0.25) is 17.7 Å². The van der Waals surface area contributed by atoms with E-state index >= 15 is 0 Å². The Morgan fingerprint density at radius 3 is 2.48 bits per heavy atom. The topological polar surface area (TPSA) is 92.5 Å². The van der Waals surface area contributed by atoms with Gasteiger partial charge >= 0.3 is 0 Å². The Labute approximate surface area is 186 Å². The zero-order valence-electron chi connectivity index (χ0n) is 19.3. The van der Waals surface area contributed by atoms with Gasteiger partial charge in [-0.1, -0.05) is 63.9 Å². The maximum Gasteiger partial charge on any atom is 0.245 e. The molecule has 3 N–H and O–H groups in total. The minimum atomic E-state index is -0.548. The Balaban J connectivity index is 2.14. The highest BCUT2D eigenvalue weighted by Gasteiger charge is 2.35. The molecule has 6 heteroatoms. The van der Waals surface area contributed by atoms with Crippen LogP contribution in [0.4, 0.5) is 0 Å². The minimum absolute atomic E-state index is 0.0396. The van der Waals surface area contributed by atoms with E-state index in [9.17, 15) is 14.4 Å². The summed E-state index contributed by atoms with van der Waals surface area (Å²) in [5, 5.41) is 3.00. The second-order valence-electron chi connectivity index (χ2n) is 9.19. The molecule has 0 aliphatic carbocycles. The standard InChI is InChI=1S/C25H39N3O3/c1-4-5-13-20(23(26)29)21(16-18(2)3)24(30)27-22-14-9-10-15-28(25(22)31)17-19-11-7-6-8-12-19/h6-8,11-12,18,20-22H,4-5,9-10,13-17H2,1-3H3,(H2,26,29)(H,27,30)/t20-,21+,22-/m0/s1. The highest BCUT2D eigenvalue weighted by molar-refractivity contribution is 5.91. The maximum absolute atomic E-state index is 13.3. The number of likely N-dealkylation sites (tertiary alicyclic amines) is 1. The summed E-state index contributed by atoms with van der Waals surface area (Å²) in [6.07, 6.45) is 5.40. The van der Waals surface area contributed by atoms with E-state index in [1.807, 2.05) is 49.1 Å². The van der Waals surface area contributed by atoms with Crippen molar-refractivity contribution in [2.75, 3.05) is 6.54 Å². The van der Waals surface area contributed by atoms with Crippen LogP contribution < -0.4 is 11.1 Å². The van der Waals surface area contributed by atoms with Crippen molar-refractivity contribution in [1.82, 2.24) is 10.2 Å². The number of hydrogen-bond donors (Lipinski definition) is 2. The number of nitrogens with two attached hydrogens (primary N) is 1. The van der Waals surface area contributed by atoms with Gasteiger partial charge in [0.1, 0.15) is 6.04 Å². The summed E-state index contributed by atoms with van der Waals surface area (Å²) < 4.78 is 0. The van der Waals surface area contributed by atoms with Crippen molar-refractivity contribution in [2.45, 2.75) is 78.3 Å². The van der Waals surface area contributed by atoms with Crippen LogP contribution in [0.2, 0.25) is 0 Å². The lowest BCUT2D eigenvalue weighted by atomic mass is 9.81. The summed E-state index contributed by atoms with van der Waals surface area (Å²) in [6.45, 7) is 7.37. The average molecular weight is 430 g/mol. The van der Waals surface area contributed by atoms with Gasteiger partial charge in [0.05, 0.1) is 0 Å². The van der Waals surface area contributed by atoms with Crippen LogP contribution in [0.5, 0.6) is 0 Å². The first-order valence-electron chi connectivity index (χ1n) is 11.8. The van der Waals surface area contributed by atoms with Crippen LogP contribution in [0.15, 0.2) is 30.3 Å². The van der Waals surface area contributed by atoms with Gasteiger partial charge in [0.25, 0.3) is 0 Å². The number of benzene rings is 1. The summed E-state index contributed by atoms with van der Waals surface area (Å²) in [4.78, 5) is 40.5. The SMILES string of the molecule is CCCC[C@H](C(N)=O)[C@@H](CC(C)C)C(=O)N[C@H]1CCCCN(Cc2ccccc2)C1=O. The molecule has 1 saturated heterocycles. The van der Waals surface area contributed by atoms with Crippen LogP contribution in [-0.2, 0) is 20.9 Å². The number of hydrogen-bond acceptors (Lipinski definition) is 3. The average Bonchev–Trinajstić information content (AvgIpc) is 2.89. The summed E-state index contributed by atoms with van der Waals surface area (Å²) in [5.41, 5.74) is 6.77. The van der Waals surface area contributed by atoms with Gasteiger partial charge in [-0.3, -0.25) is 14.4 Å². The molecule has 1 aromatic carbocycles. The minimum Gasteiger partial charge on any atom is -0.369 e. The Morgan fingerprint density at radius 2 is 1.87 bits per heavy atom. The molecular formula is C25H39N3O3. The van der Waals surface area contributed by atoms with Gasteiger partial charge in [-0.25, -0.2) is 0 Å². The molecule has 1 aromatic rings. The summed E-state index contributed by atoms with van der Waals surface area (Å²) in [7, 11) is 0. The van der Waals surface area contributed by atoms with Gasteiger partial charge in [0, 0.05) is 24.9 Å². The van der Waals surface area contributed by atoms with Crippen LogP contribution in [-0.4, -0.2) is 35.2 Å². The molecule has 0 spiro atoms. The predicted octanol–water partition coefficient (Wildman–Crippen LogP) is 3.64.